The highest BCUT2D eigenvalue weighted by Gasteiger charge is 2.16. The predicted octanol–water partition coefficient (Wildman–Crippen LogP) is 2.41. The molecule has 1 rings (SSSR count). The van der Waals surface area contributed by atoms with Crippen LogP contribution in [0.25, 0.3) is 0 Å². The molecule has 96 valence electrons. The fourth-order valence-electron chi connectivity index (χ4n) is 1.38. The zero-order valence-electron chi connectivity index (χ0n) is 10.4. The summed E-state index contributed by atoms with van der Waals surface area (Å²) >= 11 is 1.73. The molecule has 0 aliphatic rings. The van der Waals surface area contributed by atoms with Crippen LogP contribution in [-0.4, -0.2) is 26.0 Å². The molecule has 0 fully saturated rings. The minimum atomic E-state index is -3.37. The van der Waals surface area contributed by atoms with Crippen LogP contribution in [0, 0.1) is 6.92 Å². The van der Waals surface area contributed by atoms with Crippen molar-refractivity contribution >= 4 is 21.8 Å². The number of sulfonamides is 1. The molecule has 17 heavy (non-hydrogen) atoms. The van der Waals surface area contributed by atoms with Gasteiger partial charge >= 0.3 is 0 Å². The van der Waals surface area contributed by atoms with E-state index in [4.69, 9.17) is 0 Å². The van der Waals surface area contributed by atoms with Gasteiger partial charge in [0.05, 0.1) is 4.90 Å². The van der Waals surface area contributed by atoms with Crippen molar-refractivity contribution in [2.75, 3.05) is 11.5 Å². The van der Waals surface area contributed by atoms with Gasteiger partial charge in [0.25, 0.3) is 0 Å². The molecule has 0 bridgehead atoms. The summed E-state index contributed by atoms with van der Waals surface area (Å²) in [5.41, 5.74) is 1.05. The van der Waals surface area contributed by atoms with Crippen molar-refractivity contribution in [2.45, 2.75) is 31.7 Å². The number of aryl methyl sites for hydroxylation is 1. The van der Waals surface area contributed by atoms with Crippen molar-refractivity contribution in [2.24, 2.45) is 0 Å². The largest absolute Gasteiger partial charge is 0.240 e. The van der Waals surface area contributed by atoms with E-state index in [-0.39, 0.29) is 6.04 Å². The minimum Gasteiger partial charge on any atom is -0.208 e. The number of thioether (sulfide) groups is 1. The Hall–Kier alpha value is -0.520. The van der Waals surface area contributed by atoms with Gasteiger partial charge in [-0.05, 0) is 31.7 Å². The van der Waals surface area contributed by atoms with Gasteiger partial charge < -0.3 is 0 Å². The van der Waals surface area contributed by atoms with Crippen LogP contribution in [0.5, 0.6) is 0 Å². The van der Waals surface area contributed by atoms with Crippen molar-refractivity contribution < 1.29 is 8.42 Å². The van der Waals surface area contributed by atoms with Crippen molar-refractivity contribution in [3.05, 3.63) is 29.8 Å². The Morgan fingerprint density at radius 1 is 1.29 bits per heavy atom. The second-order valence-electron chi connectivity index (χ2n) is 3.99. The summed E-state index contributed by atoms with van der Waals surface area (Å²) in [4.78, 5) is 0.330. The highest BCUT2D eigenvalue weighted by Crippen LogP contribution is 2.11. The minimum absolute atomic E-state index is 0.0498. The molecule has 0 saturated carbocycles. The molecule has 5 heteroatoms. The first-order valence-corrected chi connectivity index (χ1v) is 8.26. The molecule has 1 unspecified atom stereocenters. The van der Waals surface area contributed by atoms with Crippen LogP contribution in [0.1, 0.15) is 19.4 Å². The second kappa shape index (κ2) is 6.42. The van der Waals surface area contributed by atoms with Gasteiger partial charge in [0.2, 0.25) is 10.0 Å². The summed E-state index contributed by atoms with van der Waals surface area (Å²) < 4.78 is 26.7. The molecular weight excluding hydrogens is 254 g/mol. The summed E-state index contributed by atoms with van der Waals surface area (Å²) in [6, 6.07) is 6.83. The third kappa shape index (κ3) is 4.69. The highest BCUT2D eigenvalue weighted by atomic mass is 32.2. The van der Waals surface area contributed by atoms with E-state index in [9.17, 15) is 8.42 Å². The van der Waals surface area contributed by atoms with E-state index in [1.807, 2.05) is 13.8 Å². The van der Waals surface area contributed by atoms with E-state index in [2.05, 4.69) is 11.6 Å². The number of hydrogen-bond donors (Lipinski definition) is 1. The Labute approximate surface area is 108 Å². The average Bonchev–Trinajstić information content (AvgIpc) is 2.26. The molecule has 1 aromatic carbocycles. The quantitative estimate of drug-likeness (QED) is 0.866. The molecule has 0 amide bonds. The van der Waals surface area contributed by atoms with Gasteiger partial charge in [0.1, 0.15) is 0 Å². The molecule has 0 spiro atoms. The Morgan fingerprint density at radius 2 is 1.88 bits per heavy atom. The van der Waals surface area contributed by atoms with E-state index < -0.39 is 10.0 Å². The van der Waals surface area contributed by atoms with E-state index in [0.717, 1.165) is 17.1 Å². The Balaban J connectivity index is 2.71. The lowest BCUT2D eigenvalue weighted by Crippen LogP contribution is -2.34. The normalized spacial score (nSPS) is 13.6. The molecule has 0 heterocycles. The van der Waals surface area contributed by atoms with Gasteiger partial charge in [-0.2, -0.15) is 11.8 Å². The van der Waals surface area contributed by atoms with Gasteiger partial charge in [0.15, 0.2) is 0 Å². The van der Waals surface area contributed by atoms with E-state index >= 15 is 0 Å². The molecule has 1 atom stereocenters. The monoisotopic (exact) mass is 273 g/mol. The Bertz CT molecular complexity index is 440. The number of rotatable bonds is 6. The first-order valence-electron chi connectivity index (χ1n) is 5.62. The van der Waals surface area contributed by atoms with Crippen LogP contribution in [0.2, 0.25) is 0 Å². The molecule has 1 aromatic rings. The maximum atomic E-state index is 12.0. The van der Waals surface area contributed by atoms with E-state index in [0.29, 0.717) is 4.90 Å². The smallest absolute Gasteiger partial charge is 0.208 e. The first-order chi connectivity index (χ1) is 7.95. The number of benzene rings is 1. The summed E-state index contributed by atoms with van der Waals surface area (Å²) in [5, 5.41) is 0. The fraction of sp³-hybridized carbons (Fsp3) is 0.500. The molecular formula is C12H19NO2S2. The maximum Gasteiger partial charge on any atom is 0.240 e. The van der Waals surface area contributed by atoms with Crippen LogP contribution in [0.4, 0.5) is 0 Å². The number of nitrogens with one attached hydrogen (secondary N) is 1. The molecule has 0 aliphatic heterocycles. The zero-order chi connectivity index (χ0) is 12.9. The molecule has 0 aliphatic carbocycles. The molecule has 0 saturated heterocycles. The third-order valence-electron chi connectivity index (χ3n) is 2.26. The van der Waals surface area contributed by atoms with Gasteiger partial charge in [-0.1, -0.05) is 24.6 Å². The van der Waals surface area contributed by atoms with Crippen molar-refractivity contribution in [3.63, 3.8) is 0 Å². The molecule has 1 N–H and O–H groups in total. The molecule has 0 radical (unpaired) electrons. The lowest BCUT2D eigenvalue weighted by Gasteiger charge is -2.13. The Kier molecular flexibility index (Phi) is 5.49. The van der Waals surface area contributed by atoms with Crippen LogP contribution < -0.4 is 4.72 Å². The van der Waals surface area contributed by atoms with Gasteiger partial charge in [-0.3, -0.25) is 0 Å². The molecule has 3 nitrogen and oxygen atoms in total. The van der Waals surface area contributed by atoms with Crippen LogP contribution in [-0.2, 0) is 10.0 Å². The lowest BCUT2D eigenvalue weighted by molar-refractivity contribution is 0.571. The van der Waals surface area contributed by atoms with Crippen LogP contribution in [0.3, 0.4) is 0 Å². The Morgan fingerprint density at radius 3 is 2.41 bits per heavy atom. The van der Waals surface area contributed by atoms with E-state index in [1.54, 1.807) is 36.0 Å². The molecule has 0 aromatic heterocycles. The standard InChI is InChI=1S/C12H19NO2S2/c1-4-16-9-11(3)13-17(14,15)12-7-5-10(2)6-8-12/h5-8,11,13H,4,9H2,1-3H3. The van der Waals surface area contributed by atoms with Crippen LogP contribution >= 0.6 is 11.8 Å². The van der Waals surface area contributed by atoms with Crippen molar-refractivity contribution in [1.82, 2.24) is 4.72 Å². The van der Waals surface area contributed by atoms with Gasteiger partial charge in [-0.15, -0.1) is 0 Å². The summed E-state index contributed by atoms with van der Waals surface area (Å²) in [6.07, 6.45) is 0. The van der Waals surface area contributed by atoms with Gasteiger partial charge in [0, 0.05) is 11.8 Å². The van der Waals surface area contributed by atoms with E-state index in [1.165, 1.54) is 0 Å². The van der Waals surface area contributed by atoms with Crippen molar-refractivity contribution in [1.29, 1.82) is 0 Å². The highest BCUT2D eigenvalue weighted by molar-refractivity contribution is 7.99. The lowest BCUT2D eigenvalue weighted by atomic mass is 10.2. The summed E-state index contributed by atoms with van der Waals surface area (Å²) in [6.45, 7) is 5.88. The SMILES string of the molecule is CCSCC(C)NS(=O)(=O)c1ccc(C)cc1. The summed E-state index contributed by atoms with van der Waals surface area (Å²) in [7, 11) is -3.37. The fourth-order valence-corrected chi connectivity index (χ4v) is 3.40. The van der Waals surface area contributed by atoms with Crippen LogP contribution in [0.15, 0.2) is 29.2 Å². The number of hydrogen-bond acceptors (Lipinski definition) is 3. The van der Waals surface area contributed by atoms with Crippen molar-refractivity contribution in [3.8, 4) is 0 Å². The van der Waals surface area contributed by atoms with Gasteiger partial charge in [-0.25, -0.2) is 13.1 Å². The topological polar surface area (TPSA) is 46.2 Å². The predicted molar refractivity (Wildman–Crippen MR) is 74.0 cm³/mol. The zero-order valence-corrected chi connectivity index (χ0v) is 12.1. The second-order valence-corrected chi connectivity index (χ2v) is 7.03. The average molecular weight is 273 g/mol. The summed E-state index contributed by atoms with van der Waals surface area (Å²) in [5.74, 6) is 1.79. The maximum absolute atomic E-state index is 12.0. The first kappa shape index (κ1) is 14.5. The third-order valence-corrected chi connectivity index (χ3v) is 5.01.